The van der Waals surface area contributed by atoms with Gasteiger partial charge in [-0.3, -0.25) is 19.2 Å². The summed E-state index contributed by atoms with van der Waals surface area (Å²) in [5, 5.41) is 85.9. The zero-order chi connectivity index (χ0) is 38.3. The van der Waals surface area contributed by atoms with E-state index in [0.29, 0.717) is 25.7 Å². The fourth-order valence-corrected chi connectivity index (χ4v) is 2.36. The zero-order valence-corrected chi connectivity index (χ0v) is 29.6. The van der Waals surface area contributed by atoms with E-state index in [-0.39, 0.29) is 75.9 Å². The van der Waals surface area contributed by atoms with Crippen molar-refractivity contribution in [2.75, 3.05) is 52.9 Å². The molecule has 0 atom stereocenters. The van der Waals surface area contributed by atoms with Crippen LogP contribution in [-0.4, -0.2) is 163 Å². The van der Waals surface area contributed by atoms with Crippen molar-refractivity contribution < 1.29 is 92.2 Å². The first-order valence-electron chi connectivity index (χ1n) is 14.5. The van der Waals surface area contributed by atoms with E-state index in [4.69, 9.17) is 60.5 Å². The molecule has 0 rings (SSSR count). The first-order chi connectivity index (χ1) is 22.3. The third kappa shape index (κ3) is 34.5. The van der Waals surface area contributed by atoms with Gasteiger partial charge in [0.25, 0.3) is 0 Å². The smallest absolute Gasteiger partial charge is 1.00 e. The van der Waals surface area contributed by atoms with Crippen LogP contribution >= 0.6 is 0 Å². The number of ether oxygens (including phenoxy) is 2. The first-order valence-corrected chi connectivity index (χ1v) is 14.5. The van der Waals surface area contributed by atoms with E-state index >= 15 is 0 Å². The maximum atomic E-state index is 11.0. The molecule has 0 radical (unpaired) electrons. The maximum absolute atomic E-state index is 11.0. The second-order valence-corrected chi connectivity index (χ2v) is 10.7. The minimum Gasteiger partial charge on any atom is -1.00 e. The molecule has 0 aliphatic rings. The molecular formula is C30H54MgO18. The molecule has 0 aromatic rings. The normalized spacial score (nSPS) is 10.1. The quantitative estimate of drug-likeness (QED) is 0.0288. The summed E-state index contributed by atoms with van der Waals surface area (Å²) in [5.41, 5.74) is -1.89. The van der Waals surface area contributed by atoms with Crippen molar-refractivity contribution in [2.45, 2.75) is 65.2 Å². The van der Waals surface area contributed by atoms with Gasteiger partial charge in [-0.15, -0.1) is 0 Å². The molecule has 0 amide bonds. The molecule has 49 heavy (non-hydrogen) atoms. The summed E-state index contributed by atoms with van der Waals surface area (Å²) in [5.74, 6) is -4.69. The third-order valence-corrected chi connectivity index (χ3v) is 5.79. The Balaban J connectivity index is -0.000000100. The van der Waals surface area contributed by atoms with Gasteiger partial charge in [0.2, 0.25) is 0 Å². The largest absolute Gasteiger partial charge is 2.00 e. The number of aliphatic carboxylic acids is 4. The van der Waals surface area contributed by atoms with E-state index in [9.17, 15) is 28.8 Å². The van der Waals surface area contributed by atoms with Crippen molar-refractivity contribution in [3.63, 3.8) is 0 Å². The maximum Gasteiger partial charge on any atom is 2.00 e. The van der Waals surface area contributed by atoms with E-state index in [1.807, 2.05) is 0 Å². The molecule has 0 aromatic heterocycles. The van der Waals surface area contributed by atoms with Gasteiger partial charge in [0, 0.05) is 36.8 Å². The molecule has 0 saturated heterocycles. The van der Waals surface area contributed by atoms with E-state index in [1.54, 1.807) is 0 Å². The monoisotopic (exact) mass is 726 g/mol. The van der Waals surface area contributed by atoms with Crippen molar-refractivity contribution in [1.29, 1.82) is 0 Å². The van der Waals surface area contributed by atoms with Crippen LogP contribution in [-0.2, 0) is 38.2 Å². The standard InChI is InChI=1S/2C9H16O5.2C6H10O4.Mg.2H/c2*1-7(2)8(13)14-6-9(3-10,4-11)5-12;2*7-5(8)3-1-2-4-6(9)10;;;/h2*10-12H,1,3-6H2,2H3;2*1-4H2,(H,7,8)(H,9,10);;;/q;;;;+2;2*-1. The number of carbonyl (C=O) groups excluding carboxylic acids is 2. The molecular weight excluding hydrogens is 673 g/mol. The second-order valence-electron chi connectivity index (χ2n) is 10.7. The number of hydrogen-bond acceptors (Lipinski definition) is 14. The Bertz CT molecular complexity index is 875. The fraction of sp³-hybridized carbons (Fsp3) is 0.667. The Labute approximate surface area is 303 Å². The summed E-state index contributed by atoms with van der Waals surface area (Å²) in [4.78, 5) is 61.5. The summed E-state index contributed by atoms with van der Waals surface area (Å²) in [6.45, 7) is 6.52. The van der Waals surface area contributed by atoms with E-state index < -0.39 is 86.3 Å². The van der Waals surface area contributed by atoms with Crippen LogP contribution in [0, 0.1) is 10.8 Å². The molecule has 0 aliphatic heterocycles. The Kier molecular flexibility index (Phi) is 37.6. The number of rotatable bonds is 22. The minimum absolute atomic E-state index is 0. The van der Waals surface area contributed by atoms with Gasteiger partial charge in [-0.1, -0.05) is 13.2 Å². The van der Waals surface area contributed by atoms with Crippen molar-refractivity contribution in [2.24, 2.45) is 10.8 Å². The van der Waals surface area contributed by atoms with E-state index in [0.717, 1.165) is 0 Å². The van der Waals surface area contributed by atoms with Gasteiger partial charge < -0.3 is 63.4 Å². The molecule has 0 heterocycles. The van der Waals surface area contributed by atoms with Crippen LogP contribution in [0.5, 0.6) is 0 Å². The summed E-state index contributed by atoms with van der Waals surface area (Å²) in [6, 6.07) is 0. The van der Waals surface area contributed by atoms with Gasteiger partial charge in [0.05, 0.1) is 50.5 Å². The Morgan fingerprint density at radius 1 is 0.490 bits per heavy atom. The number of carboxylic acids is 4. The fourth-order valence-electron chi connectivity index (χ4n) is 2.36. The number of aliphatic hydroxyl groups is 6. The van der Waals surface area contributed by atoms with Crippen LogP contribution in [0.3, 0.4) is 0 Å². The van der Waals surface area contributed by atoms with Crippen molar-refractivity contribution >= 4 is 58.9 Å². The number of unbranched alkanes of at least 4 members (excludes halogenated alkanes) is 2. The Morgan fingerprint density at radius 3 is 0.796 bits per heavy atom. The van der Waals surface area contributed by atoms with E-state index in [1.165, 1.54) is 13.8 Å². The van der Waals surface area contributed by atoms with Gasteiger partial charge in [-0.05, 0) is 39.5 Å². The molecule has 0 saturated carbocycles. The van der Waals surface area contributed by atoms with Gasteiger partial charge in [-0.2, -0.15) is 0 Å². The summed E-state index contributed by atoms with van der Waals surface area (Å²) in [6.07, 6.45) is 2.04. The van der Waals surface area contributed by atoms with Crippen molar-refractivity contribution in [3.05, 3.63) is 24.3 Å². The third-order valence-electron chi connectivity index (χ3n) is 5.79. The molecule has 0 bridgehead atoms. The molecule has 0 aliphatic carbocycles. The van der Waals surface area contributed by atoms with Crippen LogP contribution in [0.25, 0.3) is 0 Å². The molecule has 0 unspecified atom stereocenters. The average Bonchev–Trinajstić information content (AvgIpc) is 3.03. The average molecular weight is 727 g/mol. The van der Waals surface area contributed by atoms with Crippen LogP contribution in [0.15, 0.2) is 24.3 Å². The van der Waals surface area contributed by atoms with Crippen LogP contribution in [0.4, 0.5) is 0 Å². The summed E-state index contributed by atoms with van der Waals surface area (Å²) in [7, 11) is 0. The van der Waals surface area contributed by atoms with E-state index in [2.05, 4.69) is 13.2 Å². The predicted molar refractivity (Wildman–Crippen MR) is 174 cm³/mol. The number of aliphatic hydroxyl groups excluding tert-OH is 6. The van der Waals surface area contributed by atoms with Crippen LogP contribution in [0.1, 0.15) is 68.1 Å². The molecule has 18 nitrogen and oxygen atoms in total. The molecule has 0 spiro atoms. The zero-order valence-electron chi connectivity index (χ0n) is 30.2. The number of hydrogen-bond donors (Lipinski definition) is 10. The van der Waals surface area contributed by atoms with Gasteiger partial charge in [0.1, 0.15) is 13.2 Å². The predicted octanol–water partition coefficient (Wildman–Crippen LogP) is -0.586. The number of carboxylic acid groups (broad SMARTS) is 4. The van der Waals surface area contributed by atoms with Crippen LogP contribution in [0.2, 0.25) is 0 Å². The summed E-state index contributed by atoms with van der Waals surface area (Å²) >= 11 is 0. The Morgan fingerprint density at radius 2 is 0.673 bits per heavy atom. The van der Waals surface area contributed by atoms with Crippen LogP contribution < -0.4 is 0 Å². The minimum atomic E-state index is -1.18. The molecule has 0 aromatic carbocycles. The SMILES string of the molecule is C=C(C)C(=O)OCC(CO)(CO)CO.C=C(C)C(=O)OCC(CO)(CO)CO.O=C(O)CCCCC(=O)O.O=C(O)CCCCC(=O)O.[H-].[H-].[Mg+2]. The molecule has 0 fully saturated rings. The first kappa shape index (κ1) is 55.2. The van der Waals surface area contributed by atoms with Gasteiger partial charge in [0.15, 0.2) is 0 Å². The topological polar surface area (TPSA) is 323 Å². The van der Waals surface area contributed by atoms with Crippen molar-refractivity contribution in [1.82, 2.24) is 0 Å². The van der Waals surface area contributed by atoms with Gasteiger partial charge in [-0.25, -0.2) is 9.59 Å². The number of carbonyl (C=O) groups is 6. The van der Waals surface area contributed by atoms with Gasteiger partial charge >= 0.3 is 58.9 Å². The number of esters is 2. The molecule has 284 valence electrons. The summed E-state index contributed by atoms with van der Waals surface area (Å²) < 4.78 is 9.45. The molecule has 19 heteroatoms. The van der Waals surface area contributed by atoms with Crippen molar-refractivity contribution in [3.8, 4) is 0 Å². The molecule has 10 N–H and O–H groups in total. The second kappa shape index (κ2) is 33.3. The Hall–Kier alpha value is -3.17.